The van der Waals surface area contributed by atoms with Crippen molar-refractivity contribution in [2.24, 2.45) is 0 Å². The van der Waals surface area contributed by atoms with Crippen molar-refractivity contribution in [3.8, 4) is 17.1 Å². The summed E-state index contributed by atoms with van der Waals surface area (Å²) in [7, 11) is 0. The Hall–Kier alpha value is -4.27. The van der Waals surface area contributed by atoms with Crippen molar-refractivity contribution in [3.05, 3.63) is 83.4 Å². The van der Waals surface area contributed by atoms with Gasteiger partial charge in [-0.25, -0.2) is 0 Å². The van der Waals surface area contributed by atoms with Gasteiger partial charge in [-0.15, -0.1) is 15.3 Å². The summed E-state index contributed by atoms with van der Waals surface area (Å²) in [5.74, 6) is 1.92. The van der Waals surface area contributed by atoms with Gasteiger partial charge in [-0.3, -0.25) is 9.55 Å². The molecule has 178 valence electrons. The molecular formula is C26H28N8O. The van der Waals surface area contributed by atoms with Crippen LogP contribution in [0.25, 0.3) is 22.7 Å². The fraction of sp³-hybridized carbons (Fsp3) is 0.269. The number of pyridine rings is 1. The molecule has 0 saturated heterocycles. The van der Waals surface area contributed by atoms with E-state index in [9.17, 15) is 0 Å². The Kier molecular flexibility index (Phi) is 5.68. The third-order valence-electron chi connectivity index (χ3n) is 5.99. The second-order valence-corrected chi connectivity index (χ2v) is 9.17. The molecule has 0 radical (unpaired) electrons. The number of benzene rings is 1. The molecule has 0 atom stereocenters. The molecule has 1 aliphatic rings. The lowest BCUT2D eigenvalue weighted by Crippen LogP contribution is -2.32. The molecule has 4 heterocycles. The molecule has 9 nitrogen and oxygen atoms in total. The zero-order valence-electron chi connectivity index (χ0n) is 20.5. The van der Waals surface area contributed by atoms with Crippen molar-refractivity contribution in [3.63, 3.8) is 0 Å². The second kappa shape index (κ2) is 8.83. The summed E-state index contributed by atoms with van der Waals surface area (Å²) in [5.41, 5.74) is 5.29. The summed E-state index contributed by atoms with van der Waals surface area (Å²) in [6.07, 6.45) is 5.87. The number of hydrogen-bond donors (Lipinski definition) is 2. The van der Waals surface area contributed by atoms with Crippen LogP contribution in [0.5, 0.6) is 0 Å². The predicted molar refractivity (Wildman–Crippen MR) is 135 cm³/mol. The maximum atomic E-state index is 5.92. The van der Waals surface area contributed by atoms with Gasteiger partial charge in [0.25, 0.3) is 5.89 Å². The lowest BCUT2D eigenvalue weighted by Gasteiger charge is -2.26. The Morgan fingerprint density at radius 3 is 2.57 bits per heavy atom. The number of para-hydroxylation sites is 1. The van der Waals surface area contributed by atoms with E-state index < -0.39 is 5.54 Å². The van der Waals surface area contributed by atoms with E-state index in [0.717, 1.165) is 51.8 Å². The van der Waals surface area contributed by atoms with Crippen LogP contribution in [0.15, 0.2) is 64.9 Å². The number of nitrogens with zero attached hydrogens (tertiary/aromatic N) is 6. The van der Waals surface area contributed by atoms with Crippen molar-refractivity contribution in [2.45, 2.75) is 40.2 Å². The van der Waals surface area contributed by atoms with Crippen LogP contribution in [0.4, 0.5) is 6.01 Å². The first kappa shape index (κ1) is 22.5. The number of rotatable bonds is 6. The first-order chi connectivity index (χ1) is 16.8. The molecule has 0 spiro atoms. The fourth-order valence-electron chi connectivity index (χ4n) is 4.09. The molecular weight excluding hydrogens is 440 g/mol. The van der Waals surface area contributed by atoms with Gasteiger partial charge in [-0.2, -0.15) is 0 Å². The highest BCUT2D eigenvalue weighted by molar-refractivity contribution is 5.77. The van der Waals surface area contributed by atoms with Crippen molar-refractivity contribution in [1.82, 2.24) is 35.3 Å². The van der Waals surface area contributed by atoms with Gasteiger partial charge in [-0.1, -0.05) is 29.4 Å². The minimum atomic E-state index is -0.687. The molecule has 1 aliphatic heterocycles. The average Bonchev–Trinajstić information content (AvgIpc) is 3.48. The third-order valence-corrected chi connectivity index (χ3v) is 5.99. The first-order valence-electron chi connectivity index (χ1n) is 11.5. The number of aryl methyl sites for hydroxylation is 2. The summed E-state index contributed by atoms with van der Waals surface area (Å²) in [6.45, 7) is 10.9. The molecule has 0 bridgehead atoms. The van der Waals surface area contributed by atoms with Gasteiger partial charge in [-0.05, 0) is 64.0 Å². The Morgan fingerprint density at radius 2 is 1.83 bits per heavy atom. The second-order valence-electron chi connectivity index (χ2n) is 9.17. The third kappa shape index (κ3) is 4.32. The van der Waals surface area contributed by atoms with Crippen LogP contribution in [0.3, 0.4) is 0 Å². The maximum absolute atomic E-state index is 5.92. The Morgan fingerprint density at radius 1 is 1.00 bits per heavy atom. The van der Waals surface area contributed by atoms with E-state index in [-0.39, 0.29) is 0 Å². The Balaban J connectivity index is 1.55. The van der Waals surface area contributed by atoms with E-state index in [4.69, 9.17) is 4.42 Å². The predicted octanol–water partition coefficient (Wildman–Crippen LogP) is 4.57. The fourth-order valence-corrected chi connectivity index (χ4v) is 4.09. The monoisotopic (exact) mass is 468 g/mol. The number of nitrogens with one attached hydrogen (secondary N) is 2. The van der Waals surface area contributed by atoms with E-state index in [1.807, 2.05) is 51.2 Å². The van der Waals surface area contributed by atoms with E-state index in [1.54, 1.807) is 6.20 Å². The Labute approximate surface area is 204 Å². The smallest absolute Gasteiger partial charge is 0.316 e. The van der Waals surface area contributed by atoms with Crippen molar-refractivity contribution in [1.29, 1.82) is 0 Å². The molecule has 0 aliphatic carbocycles. The molecule has 9 heteroatoms. The minimum absolute atomic E-state index is 0.295. The Bertz CT molecular complexity index is 1430. The van der Waals surface area contributed by atoms with E-state index in [1.165, 1.54) is 0 Å². The quantitative estimate of drug-likeness (QED) is 0.424. The molecule has 5 rings (SSSR count). The number of aromatic nitrogens is 6. The SMILES string of the molecule is CC1=CNCC=C1c1nnc(C(C)(C)Nc2nnc(-c3ccc(C)nc3)o2)n1-c1ccccc1C. The largest absolute Gasteiger partial charge is 0.403 e. The topological polar surface area (TPSA) is 107 Å². The maximum Gasteiger partial charge on any atom is 0.316 e. The molecule has 0 saturated carbocycles. The number of hydrogen-bond acceptors (Lipinski definition) is 8. The number of dihydropyridines is 1. The summed E-state index contributed by atoms with van der Waals surface area (Å²) >= 11 is 0. The molecule has 35 heavy (non-hydrogen) atoms. The van der Waals surface area contributed by atoms with Gasteiger partial charge in [0.1, 0.15) is 0 Å². The van der Waals surface area contributed by atoms with Crippen molar-refractivity contribution < 1.29 is 4.42 Å². The standard InChI is InChI=1S/C26H28N8O/c1-16-8-6-7-9-21(16)34-22(20-12-13-27-14-17(20)2)30-32-24(34)26(4,5)29-25-33-31-23(35-25)19-11-10-18(3)28-15-19/h6-12,14-15,27H,13H2,1-5H3,(H,29,33). The van der Waals surface area contributed by atoms with Crippen LogP contribution in [0.2, 0.25) is 0 Å². The summed E-state index contributed by atoms with van der Waals surface area (Å²) < 4.78 is 8.03. The number of allylic oxidation sites excluding steroid dienone is 2. The molecule has 2 N–H and O–H groups in total. The molecule has 1 aromatic carbocycles. The summed E-state index contributed by atoms with van der Waals surface area (Å²) in [6, 6.07) is 12.3. The van der Waals surface area contributed by atoms with Gasteiger partial charge >= 0.3 is 6.01 Å². The van der Waals surface area contributed by atoms with E-state index >= 15 is 0 Å². The minimum Gasteiger partial charge on any atom is -0.403 e. The van der Waals surface area contributed by atoms with Crippen LogP contribution in [0, 0.1) is 13.8 Å². The summed E-state index contributed by atoms with van der Waals surface area (Å²) in [4.78, 5) is 4.31. The highest BCUT2D eigenvalue weighted by atomic mass is 16.4. The molecule has 0 unspecified atom stereocenters. The van der Waals surface area contributed by atoms with Crippen LogP contribution < -0.4 is 10.6 Å². The van der Waals surface area contributed by atoms with Crippen molar-refractivity contribution >= 4 is 11.6 Å². The van der Waals surface area contributed by atoms with Gasteiger partial charge in [0, 0.05) is 30.2 Å². The zero-order chi connectivity index (χ0) is 24.6. The van der Waals surface area contributed by atoms with Crippen LogP contribution >= 0.6 is 0 Å². The summed E-state index contributed by atoms with van der Waals surface area (Å²) in [5, 5.41) is 24.3. The normalized spacial score (nSPS) is 13.7. The lowest BCUT2D eigenvalue weighted by molar-refractivity contribution is 0.500. The highest BCUT2D eigenvalue weighted by Crippen LogP contribution is 2.33. The molecule has 0 fully saturated rings. The lowest BCUT2D eigenvalue weighted by atomic mass is 10.0. The van der Waals surface area contributed by atoms with Crippen LogP contribution in [0.1, 0.15) is 43.7 Å². The van der Waals surface area contributed by atoms with E-state index in [0.29, 0.717) is 11.9 Å². The molecule has 0 amide bonds. The van der Waals surface area contributed by atoms with Gasteiger partial charge in [0.2, 0.25) is 0 Å². The first-order valence-corrected chi connectivity index (χ1v) is 11.5. The van der Waals surface area contributed by atoms with Gasteiger partial charge in [0.15, 0.2) is 11.6 Å². The van der Waals surface area contributed by atoms with Crippen LogP contribution in [-0.4, -0.2) is 36.5 Å². The number of anilines is 1. The average molecular weight is 469 g/mol. The van der Waals surface area contributed by atoms with Gasteiger partial charge < -0.3 is 15.1 Å². The zero-order valence-corrected chi connectivity index (χ0v) is 20.5. The van der Waals surface area contributed by atoms with Crippen molar-refractivity contribution in [2.75, 3.05) is 11.9 Å². The molecule has 3 aromatic heterocycles. The highest BCUT2D eigenvalue weighted by Gasteiger charge is 2.32. The molecule has 4 aromatic rings. The van der Waals surface area contributed by atoms with Gasteiger partial charge in [0.05, 0.1) is 16.8 Å². The van der Waals surface area contributed by atoms with Crippen LogP contribution in [-0.2, 0) is 5.54 Å². The van der Waals surface area contributed by atoms with E-state index in [2.05, 4.69) is 72.6 Å².